The fourth-order valence-corrected chi connectivity index (χ4v) is 4.22. The van der Waals surface area contributed by atoms with Gasteiger partial charge in [-0.15, -0.1) is 11.3 Å². The van der Waals surface area contributed by atoms with E-state index in [1.165, 1.54) is 37.7 Å². The van der Waals surface area contributed by atoms with Crippen LogP contribution >= 0.6 is 11.3 Å². The van der Waals surface area contributed by atoms with Crippen molar-refractivity contribution in [3.05, 3.63) is 28.0 Å². The SMILES string of the molecule is CC1=CC[C@H](C(=O)Nc2csc(C#CC(C)(C)C)c2)CC1.OCC1CCCCC1. The smallest absolute Gasteiger partial charge is 0.227 e. The third-order valence-corrected chi connectivity index (χ3v) is 6.27. The number of aliphatic hydroxyl groups excluding tert-OH is 1. The molecule has 0 bridgehead atoms. The van der Waals surface area contributed by atoms with Gasteiger partial charge in [0.05, 0.1) is 10.6 Å². The average molecular weight is 416 g/mol. The Morgan fingerprint density at radius 3 is 2.52 bits per heavy atom. The molecule has 1 fully saturated rings. The molecule has 2 aliphatic carbocycles. The maximum absolute atomic E-state index is 12.2. The first kappa shape index (κ1) is 23.7. The van der Waals surface area contributed by atoms with Gasteiger partial charge >= 0.3 is 0 Å². The van der Waals surface area contributed by atoms with Crippen molar-refractivity contribution in [3.8, 4) is 11.8 Å². The van der Waals surface area contributed by atoms with Gasteiger partial charge in [-0.1, -0.05) is 42.8 Å². The molecule has 0 unspecified atom stereocenters. The molecular weight excluding hydrogens is 378 g/mol. The molecule has 1 atom stereocenters. The molecule has 1 aromatic heterocycles. The van der Waals surface area contributed by atoms with Crippen molar-refractivity contribution >= 4 is 22.9 Å². The molecule has 2 N–H and O–H groups in total. The van der Waals surface area contributed by atoms with E-state index in [0.717, 1.165) is 29.8 Å². The van der Waals surface area contributed by atoms with E-state index >= 15 is 0 Å². The van der Waals surface area contributed by atoms with E-state index in [1.54, 1.807) is 11.3 Å². The maximum atomic E-state index is 12.2. The predicted octanol–water partition coefficient (Wildman–Crippen LogP) is 6.39. The second-order valence-electron chi connectivity index (χ2n) is 9.40. The third-order valence-electron chi connectivity index (χ3n) is 5.42. The van der Waals surface area contributed by atoms with Crippen LogP contribution in [0.1, 0.15) is 83.9 Å². The summed E-state index contributed by atoms with van der Waals surface area (Å²) >= 11 is 1.58. The molecule has 0 aromatic carbocycles. The van der Waals surface area contributed by atoms with Gasteiger partial charge < -0.3 is 10.4 Å². The number of thiophene rings is 1. The van der Waals surface area contributed by atoms with Crippen LogP contribution in [0, 0.1) is 29.1 Å². The van der Waals surface area contributed by atoms with Crippen molar-refractivity contribution in [2.45, 2.75) is 79.1 Å². The van der Waals surface area contributed by atoms with Gasteiger partial charge in [0.2, 0.25) is 5.91 Å². The molecule has 29 heavy (non-hydrogen) atoms. The van der Waals surface area contributed by atoms with Gasteiger partial charge in [0.1, 0.15) is 0 Å². The van der Waals surface area contributed by atoms with Crippen molar-refractivity contribution in [2.75, 3.05) is 11.9 Å². The van der Waals surface area contributed by atoms with Crippen LogP contribution in [0.2, 0.25) is 0 Å². The van der Waals surface area contributed by atoms with Crippen LogP contribution in [0.25, 0.3) is 0 Å². The van der Waals surface area contributed by atoms with E-state index in [4.69, 9.17) is 5.11 Å². The number of hydrogen-bond donors (Lipinski definition) is 2. The quantitative estimate of drug-likeness (QED) is 0.444. The Labute approximate surface area is 181 Å². The van der Waals surface area contributed by atoms with Crippen LogP contribution in [0.4, 0.5) is 5.69 Å². The summed E-state index contributed by atoms with van der Waals surface area (Å²) in [4.78, 5) is 13.2. The molecule has 0 aliphatic heterocycles. The summed E-state index contributed by atoms with van der Waals surface area (Å²) < 4.78 is 0. The number of aliphatic hydroxyl groups is 1. The molecule has 4 heteroatoms. The van der Waals surface area contributed by atoms with Crippen LogP contribution in [0.3, 0.4) is 0 Å². The summed E-state index contributed by atoms with van der Waals surface area (Å²) in [6.45, 7) is 8.83. The minimum absolute atomic E-state index is 0.000304. The molecule has 0 radical (unpaired) electrons. The van der Waals surface area contributed by atoms with Crippen molar-refractivity contribution in [3.63, 3.8) is 0 Å². The summed E-state index contributed by atoms with van der Waals surface area (Å²) in [6.07, 6.45) is 11.6. The average Bonchev–Trinajstić information content (AvgIpc) is 3.15. The minimum Gasteiger partial charge on any atom is -0.396 e. The highest BCUT2D eigenvalue weighted by Gasteiger charge is 2.20. The summed E-state index contributed by atoms with van der Waals surface area (Å²) in [5.41, 5.74) is 2.27. The predicted molar refractivity (Wildman–Crippen MR) is 124 cm³/mol. The highest BCUT2D eigenvalue weighted by atomic mass is 32.1. The highest BCUT2D eigenvalue weighted by Crippen LogP contribution is 2.26. The van der Waals surface area contributed by atoms with Crippen LogP contribution in [0.15, 0.2) is 23.1 Å². The Morgan fingerprint density at radius 2 is 1.97 bits per heavy atom. The van der Waals surface area contributed by atoms with Crippen LogP contribution in [-0.4, -0.2) is 17.6 Å². The van der Waals surface area contributed by atoms with Gasteiger partial charge in [-0.2, -0.15) is 0 Å². The summed E-state index contributed by atoms with van der Waals surface area (Å²) in [5, 5.41) is 13.7. The zero-order chi connectivity index (χ0) is 21.3. The summed E-state index contributed by atoms with van der Waals surface area (Å²) in [6, 6.07) is 1.96. The Morgan fingerprint density at radius 1 is 1.24 bits per heavy atom. The monoisotopic (exact) mass is 415 g/mol. The number of nitrogens with one attached hydrogen (secondary N) is 1. The molecular formula is C25H37NO2S. The lowest BCUT2D eigenvalue weighted by molar-refractivity contribution is -0.120. The molecule has 2 aliphatic rings. The molecule has 0 saturated heterocycles. The van der Waals surface area contributed by atoms with Gasteiger partial charge in [0.25, 0.3) is 0 Å². The number of amides is 1. The van der Waals surface area contributed by atoms with Crippen LogP contribution in [-0.2, 0) is 4.79 Å². The second kappa shape index (κ2) is 11.6. The molecule has 1 amide bonds. The van der Waals surface area contributed by atoms with Crippen molar-refractivity contribution in [2.24, 2.45) is 17.3 Å². The lowest BCUT2D eigenvalue weighted by Gasteiger charge is -2.19. The molecule has 3 nitrogen and oxygen atoms in total. The summed E-state index contributed by atoms with van der Waals surface area (Å²) in [5.74, 6) is 7.27. The summed E-state index contributed by atoms with van der Waals surface area (Å²) in [7, 11) is 0. The Kier molecular flexibility index (Phi) is 9.46. The van der Waals surface area contributed by atoms with Gasteiger partial charge in [-0.05, 0) is 71.8 Å². The number of allylic oxidation sites excluding steroid dienone is 2. The van der Waals surface area contributed by atoms with E-state index in [0.29, 0.717) is 12.5 Å². The van der Waals surface area contributed by atoms with E-state index in [9.17, 15) is 4.79 Å². The second-order valence-corrected chi connectivity index (χ2v) is 10.3. The minimum atomic E-state index is -0.000304. The highest BCUT2D eigenvalue weighted by molar-refractivity contribution is 7.11. The normalized spacial score (nSPS) is 19.9. The Bertz CT molecular complexity index is 739. The number of carbonyl (C=O) groups is 1. The Hall–Kier alpha value is -1.57. The van der Waals surface area contributed by atoms with Gasteiger partial charge in [-0.3, -0.25) is 4.79 Å². The fraction of sp³-hybridized carbons (Fsp3) is 0.640. The van der Waals surface area contributed by atoms with Crippen LogP contribution in [0.5, 0.6) is 0 Å². The van der Waals surface area contributed by atoms with Crippen molar-refractivity contribution < 1.29 is 9.90 Å². The number of carbonyl (C=O) groups excluding carboxylic acids is 1. The van der Waals surface area contributed by atoms with E-state index in [1.807, 2.05) is 11.4 Å². The zero-order valence-electron chi connectivity index (χ0n) is 18.5. The first-order valence-electron chi connectivity index (χ1n) is 11.0. The first-order valence-corrected chi connectivity index (χ1v) is 11.8. The molecule has 1 saturated carbocycles. The molecule has 1 aromatic rings. The topological polar surface area (TPSA) is 49.3 Å². The van der Waals surface area contributed by atoms with Gasteiger partial charge in [-0.25, -0.2) is 0 Å². The zero-order valence-corrected chi connectivity index (χ0v) is 19.3. The van der Waals surface area contributed by atoms with Crippen molar-refractivity contribution in [1.29, 1.82) is 0 Å². The molecule has 0 spiro atoms. The number of rotatable bonds is 3. The standard InChI is InChI=1S/C18H23NOS.C7H14O/c1-13-5-7-14(8-6-13)17(20)19-15-11-16(21-12-15)9-10-18(2,3)4;8-6-7-4-2-1-3-5-7/h5,11-12,14H,6-8H2,1-4H3,(H,19,20);7-8H,1-6H2/t14-;/m0./s1. The fourth-order valence-electron chi connectivity index (χ4n) is 3.53. The van der Waals surface area contributed by atoms with Gasteiger partial charge in [0, 0.05) is 23.3 Å². The van der Waals surface area contributed by atoms with Gasteiger partial charge in [0.15, 0.2) is 0 Å². The number of anilines is 1. The van der Waals surface area contributed by atoms with E-state index in [2.05, 4.69) is 50.9 Å². The van der Waals surface area contributed by atoms with Crippen LogP contribution < -0.4 is 5.32 Å². The largest absolute Gasteiger partial charge is 0.396 e. The van der Waals surface area contributed by atoms with Crippen molar-refractivity contribution in [1.82, 2.24) is 0 Å². The van der Waals surface area contributed by atoms with E-state index in [-0.39, 0.29) is 17.2 Å². The number of hydrogen-bond acceptors (Lipinski definition) is 3. The lowest BCUT2D eigenvalue weighted by Crippen LogP contribution is -2.23. The molecule has 1 heterocycles. The lowest BCUT2D eigenvalue weighted by atomic mass is 9.89. The third kappa shape index (κ3) is 9.19. The molecule has 160 valence electrons. The first-order chi connectivity index (χ1) is 13.8. The molecule has 3 rings (SSSR count). The maximum Gasteiger partial charge on any atom is 0.227 e. The Balaban J connectivity index is 0.000000313. The van der Waals surface area contributed by atoms with E-state index < -0.39 is 0 Å².